The Balaban J connectivity index is 2.01. The van der Waals surface area contributed by atoms with Gasteiger partial charge in [0.25, 0.3) is 0 Å². The molecule has 0 aromatic heterocycles. The van der Waals surface area contributed by atoms with Crippen LogP contribution in [0.25, 0.3) is 0 Å². The average molecular weight is 212 g/mol. The van der Waals surface area contributed by atoms with Crippen LogP contribution in [0.3, 0.4) is 0 Å². The second-order valence-corrected chi connectivity index (χ2v) is 5.48. The molecule has 1 saturated carbocycles. The fraction of sp³-hybridized carbons (Fsp3) is 1.00. The van der Waals surface area contributed by atoms with Crippen molar-refractivity contribution in [2.45, 2.75) is 51.5 Å². The van der Waals surface area contributed by atoms with E-state index in [4.69, 9.17) is 10.6 Å². The van der Waals surface area contributed by atoms with Crippen LogP contribution in [0.4, 0.5) is 0 Å². The fourth-order valence-electron chi connectivity index (χ4n) is 3.43. The highest BCUT2D eigenvalue weighted by atomic mass is 16.5. The van der Waals surface area contributed by atoms with E-state index in [9.17, 15) is 0 Å². The molecular formula is C12H24N2O. The number of nitrogens with one attached hydrogen (secondary N) is 1. The van der Waals surface area contributed by atoms with Crippen molar-refractivity contribution in [1.29, 1.82) is 0 Å². The minimum Gasteiger partial charge on any atom is -0.381 e. The molecule has 1 heterocycles. The van der Waals surface area contributed by atoms with E-state index in [2.05, 4.69) is 12.3 Å². The molecule has 3 nitrogen and oxygen atoms in total. The van der Waals surface area contributed by atoms with Crippen LogP contribution in [0, 0.1) is 11.3 Å². The van der Waals surface area contributed by atoms with Gasteiger partial charge in [0, 0.05) is 12.6 Å². The minimum absolute atomic E-state index is 0.403. The smallest absolute Gasteiger partial charge is 0.0509 e. The summed E-state index contributed by atoms with van der Waals surface area (Å²) in [4.78, 5) is 0. The molecule has 2 unspecified atom stereocenters. The van der Waals surface area contributed by atoms with Crippen LogP contribution < -0.4 is 11.3 Å². The van der Waals surface area contributed by atoms with Crippen LogP contribution in [0.5, 0.6) is 0 Å². The molecule has 88 valence electrons. The summed E-state index contributed by atoms with van der Waals surface area (Å²) in [7, 11) is 0. The van der Waals surface area contributed by atoms with Gasteiger partial charge in [-0.25, -0.2) is 0 Å². The third-order valence-corrected chi connectivity index (χ3v) is 4.34. The standard InChI is InChI=1S/C12H24N2O/c1-12(6-2-3-7-12)11(14-13)10-5-4-8-15-9-10/h10-11,14H,2-9,13H2,1H3. The summed E-state index contributed by atoms with van der Waals surface area (Å²) in [5.74, 6) is 6.38. The topological polar surface area (TPSA) is 47.3 Å². The Morgan fingerprint density at radius 1 is 1.33 bits per heavy atom. The summed E-state index contributed by atoms with van der Waals surface area (Å²) in [6.07, 6.45) is 7.82. The van der Waals surface area contributed by atoms with E-state index in [1.54, 1.807) is 0 Å². The summed E-state index contributed by atoms with van der Waals surface area (Å²) in [6, 6.07) is 0.445. The predicted octanol–water partition coefficient (Wildman–Crippen LogP) is 1.83. The van der Waals surface area contributed by atoms with Gasteiger partial charge in [0.2, 0.25) is 0 Å². The van der Waals surface area contributed by atoms with Crippen molar-refractivity contribution in [3.63, 3.8) is 0 Å². The number of rotatable bonds is 3. The molecular weight excluding hydrogens is 188 g/mol. The minimum atomic E-state index is 0.403. The molecule has 2 atom stereocenters. The molecule has 2 rings (SSSR count). The van der Waals surface area contributed by atoms with Gasteiger partial charge in [0.1, 0.15) is 0 Å². The molecule has 0 radical (unpaired) electrons. The van der Waals surface area contributed by atoms with E-state index in [-0.39, 0.29) is 0 Å². The largest absolute Gasteiger partial charge is 0.381 e. The Kier molecular flexibility index (Phi) is 3.65. The molecule has 0 bridgehead atoms. The quantitative estimate of drug-likeness (QED) is 0.554. The van der Waals surface area contributed by atoms with Crippen LogP contribution in [0.2, 0.25) is 0 Å². The van der Waals surface area contributed by atoms with E-state index in [0.29, 0.717) is 17.4 Å². The first-order valence-corrected chi connectivity index (χ1v) is 6.30. The third kappa shape index (κ3) is 2.35. The summed E-state index contributed by atoms with van der Waals surface area (Å²) < 4.78 is 5.57. The van der Waals surface area contributed by atoms with Gasteiger partial charge in [-0.15, -0.1) is 0 Å². The molecule has 1 saturated heterocycles. The molecule has 15 heavy (non-hydrogen) atoms. The molecule has 3 N–H and O–H groups in total. The first-order valence-electron chi connectivity index (χ1n) is 6.30. The summed E-state index contributed by atoms with van der Waals surface area (Å²) in [5.41, 5.74) is 3.48. The molecule has 1 aliphatic carbocycles. The van der Waals surface area contributed by atoms with Crippen molar-refractivity contribution in [1.82, 2.24) is 5.43 Å². The Morgan fingerprint density at radius 3 is 2.60 bits per heavy atom. The molecule has 0 aromatic rings. The molecule has 2 fully saturated rings. The van der Waals surface area contributed by atoms with Crippen molar-refractivity contribution in [2.75, 3.05) is 13.2 Å². The Hall–Kier alpha value is -0.120. The van der Waals surface area contributed by atoms with Crippen molar-refractivity contribution >= 4 is 0 Å². The Labute approximate surface area is 92.7 Å². The second-order valence-electron chi connectivity index (χ2n) is 5.48. The number of hydrogen-bond donors (Lipinski definition) is 2. The molecule has 0 aromatic carbocycles. The van der Waals surface area contributed by atoms with Crippen molar-refractivity contribution in [3.05, 3.63) is 0 Å². The van der Waals surface area contributed by atoms with Crippen LogP contribution in [-0.4, -0.2) is 19.3 Å². The number of ether oxygens (including phenoxy) is 1. The lowest BCUT2D eigenvalue weighted by Crippen LogP contribution is -2.52. The van der Waals surface area contributed by atoms with E-state index in [1.807, 2.05) is 0 Å². The third-order valence-electron chi connectivity index (χ3n) is 4.34. The Bertz CT molecular complexity index is 196. The number of nitrogens with two attached hydrogens (primary N) is 1. The SMILES string of the molecule is CC1(C(NN)C2CCCOC2)CCCC1. The second kappa shape index (κ2) is 4.81. The lowest BCUT2D eigenvalue weighted by molar-refractivity contribution is 0.0122. The highest BCUT2D eigenvalue weighted by Gasteiger charge is 2.41. The van der Waals surface area contributed by atoms with Gasteiger partial charge in [-0.3, -0.25) is 11.3 Å². The van der Waals surface area contributed by atoms with Crippen LogP contribution >= 0.6 is 0 Å². The van der Waals surface area contributed by atoms with E-state index in [0.717, 1.165) is 13.2 Å². The summed E-state index contributed by atoms with van der Waals surface area (Å²) in [6.45, 7) is 4.22. The average Bonchev–Trinajstić information content (AvgIpc) is 2.68. The molecule has 0 amide bonds. The van der Waals surface area contributed by atoms with Crippen LogP contribution in [0.1, 0.15) is 45.4 Å². The molecule has 0 spiro atoms. The normalized spacial score (nSPS) is 32.8. The van der Waals surface area contributed by atoms with Gasteiger partial charge in [-0.2, -0.15) is 0 Å². The molecule has 1 aliphatic heterocycles. The molecule has 3 heteroatoms. The predicted molar refractivity (Wildman–Crippen MR) is 61.2 cm³/mol. The van der Waals surface area contributed by atoms with Gasteiger partial charge in [-0.1, -0.05) is 19.8 Å². The summed E-state index contributed by atoms with van der Waals surface area (Å²) >= 11 is 0. The highest BCUT2D eigenvalue weighted by Crippen LogP contribution is 2.43. The van der Waals surface area contributed by atoms with Gasteiger partial charge in [0.05, 0.1) is 6.61 Å². The van der Waals surface area contributed by atoms with Crippen LogP contribution in [0.15, 0.2) is 0 Å². The zero-order valence-electron chi connectivity index (χ0n) is 9.80. The van der Waals surface area contributed by atoms with Gasteiger partial charge < -0.3 is 4.74 Å². The van der Waals surface area contributed by atoms with Crippen molar-refractivity contribution in [3.8, 4) is 0 Å². The van der Waals surface area contributed by atoms with Crippen molar-refractivity contribution < 1.29 is 4.74 Å². The fourth-order valence-corrected chi connectivity index (χ4v) is 3.43. The van der Waals surface area contributed by atoms with E-state index < -0.39 is 0 Å². The van der Waals surface area contributed by atoms with Crippen LogP contribution in [-0.2, 0) is 4.74 Å². The number of hydrogen-bond acceptors (Lipinski definition) is 3. The number of hydrazine groups is 1. The van der Waals surface area contributed by atoms with Gasteiger partial charge in [0.15, 0.2) is 0 Å². The monoisotopic (exact) mass is 212 g/mol. The maximum absolute atomic E-state index is 5.76. The maximum Gasteiger partial charge on any atom is 0.0509 e. The summed E-state index contributed by atoms with van der Waals surface area (Å²) in [5, 5.41) is 0. The Morgan fingerprint density at radius 2 is 2.07 bits per heavy atom. The van der Waals surface area contributed by atoms with Gasteiger partial charge in [-0.05, 0) is 37.0 Å². The van der Waals surface area contributed by atoms with E-state index >= 15 is 0 Å². The first kappa shape index (κ1) is 11.4. The highest BCUT2D eigenvalue weighted by molar-refractivity contribution is 4.94. The zero-order chi connectivity index (χ0) is 10.7. The van der Waals surface area contributed by atoms with Gasteiger partial charge >= 0.3 is 0 Å². The molecule has 2 aliphatic rings. The van der Waals surface area contributed by atoms with Crippen molar-refractivity contribution in [2.24, 2.45) is 17.2 Å². The first-order chi connectivity index (χ1) is 7.26. The lowest BCUT2D eigenvalue weighted by Gasteiger charge is -2.40. The van der Waals surface area contributed by atoms with E-state index in [1.165, 1.54) is 38.5 Å². The lowest BCUT2D eigenvalue weighted by atomic mass is 9.73. The maximum atomic E-state index is 5.76. The zero-order valence-corrected chi connectivity index (χ0v) is 9.80.